The number of nitrogens with one attached hydrogen (secondary N) is 1. The van der Waals surface area contributed by atoms with Crippen LogP contribution in [0.5, 0.6) is 0 Å². The number of aryl methyl sites for hydroxylation is 1. The van der Waals surface area contributed by atoms with E-state index in [1.807, 2.05) is 28.8 Å². The van der Waals surface area contributed by atoms with Gasteiger partial charge in [0.25, 0.3) is 5.56 Å². The average Bonchev–Trinajstić information content (AvgIpc) is 3.29. The van der Waals surface area contributed by atoms with Gasteiger partial charge in [-0.15, -0.1) is 0 Å². The Hall–Kier alpha value is -3.12. The minimum atomic E-state index is -0.426. The zero-order chi connectivity index (χ0) is 27.8. The predicted molar refractivity (Wildman–Crippen MR) is 157 cm³/mol. The van der Waals surface area contributed by atoms with Crippen LogP contribution in [0.2, 0.25) is 10.0 Å². The van der Waals surface area contributed by atoms with Gasteiger partial charge < -0.3 is 10.2 Å². The van der Waals surface area contributed by atoms with Gasteiger partial charge in [0.2, 0.25) is 11.9 Å². The molecule has 1 saturated heterocycles. The van der Waals surface area contributed by atoms with E-state index in [1.54, 1.807) is 25.2 Å². The molecule has 0 aliphatic carbocycles. The van der Waals surface area contributed by atoms with Crippen molar-refractivity contribution >= 4 is 67.8 Å². The third kappa shape index (κ3) is 5.62. The van der Waals surface area contributed by atoms with Gasteiger partial charge in [-0.3, -0.25) is 28.2 Å². The Labute approximate surface area is 242 Å². The maximum Gasteiger partial charge on any atom is 0.332 e. The summed E-state index contributed by atoms with van der Waals surface area (Å²) in [5, 5.41) is 3.66. The molecule has 1 N–H and O–H groups in total. The number of nitrogens with zero attached hydrogens (tertiary/aromatic N) is 6. The molecular weight excluding hydrogens is 609 g/mol. The molecule has 5 rings (SSSR count). The molecule has 204 valence electrons. The first-order valence-corrected chi connectivity index (χ1v) is 13.8. The van der Waals surface area contributed by atoms with Gasteiger partial charge in [0, 0.05) is 50.4 Å². The topological polar surface area (TPSA) is 97.4 Å². The lowest BCUT2D eigenvalue weighted by molar-refractivity contribution is -0.117. The van der Waals surface area contributed by atoms with Crippen molar-refractivity contribution in [3.05, 3.63) is 83.4 Å². The van der Waals surface area contributed by atoms with Crippen LogP contribution in [0.1, 0.15) is 5.56 Å². The fourth-order valence-corrected chi connectivity index (χ4v) is 5.24. The maximum absolute atomic E-state index is 13.2. The maximum atomic E-state index is 13.2. The van der Waals surface area contributed by atoms with E-state index in [2.05, 4.69) is 31.0 Å². The zero-order valence-electron chi connectivity index (χ0n) is 21.3. The SMILES string of the molecule is Cn1c(=O)c2c(nc(N3CCN(CC(=O)Nc4ccc(Cl)c(Cl)c4)CC3)n2Cc2ccc(Br)cc2)n(C)c1=O. The van der Waals surface area contributed by atoms with E-state index >= 15 is 0 Å². The Morgan fingerprint density at radius 2 is 1.67 bits per heavy atom. The van der Waals surface area contributed by atoms with E-state index in [4.69, 9.17) is 28.2 Å². The van der Waals surface area contributed by atoms with E-state index in [0.29, 0.717) is 65.6 Å². The molecule has 0 atom stereocenters. The van der Waals surface area contributed by atoms with E-state index in [9.17, 15) is 14.4 Å². The lowest BCUT2D eigenvalue weighted by Gasteiger charge is -2.35. The second-order valence-corrected chi connectivity index (χ2v) is 11.2. The Morgan fingerprint density at radius 1 is 0.974 bits per heavy atom. The number of benzene rings is 2. The molecule has 0 bridgehead atoms. The van der Waals surface area contributed by atoms with Crippen molar-refractivity contribution in [1.29, 1.82) is 0 Å². The van der Waals surface area contributed by atoms with Gasteiger partial charge in [-0.2, -0.15) is 4.98 Å². The first-order valence-electron chi connectivity index (χ1n) is 12.3. The van der Waals surface area contributed by atoms with Crippen LogP contribution in [-0.2, 0) is 25.4 Å². The molecule has 4 aromatic rings. The van der Waals surface area contributed by atoms with E-state index in [-0.39, 0.29) is 18.0 Å². The van der Waals surface area contributed by atoms with E-state index in [1.165, 1.54) is 11.6 Å². The molecule has 1 aliphatic rings. The highest BCUT2D eigenvalue weighted by molar-refractivity contribution is 9.10. The number of hydrogen-bond donors (Lipinski definition) is 1. The third-order valence-corrected chi connectivity index (χ3v) is 8.08. The van der Waals surface area contributed by atoms with Crippen molar-refractivity contribution in [2.45, 2.75) is 6.54 Å². The van der Waals surface area contributed by atoms with Crippen molar-refractivity contribution in [2.24, 2.45) is 14.1 Å². The molecule has 0 saturated carbocycles. The largest absolute Gasteiger partial charge is 0.340 e. The van der Waals surface area contributed by atoms with Gasteiger partial charge in [0.1, 0.15) is 0 Å². The minimum Gasteiger partial charge on any atom is -0.340 e. The molecule has 0 unspecified atom stereocenters. The molecule has 0 radical (unpaired) electrons. The summed E-state index contributed by atoms with van der Waals surface area (Å²) in [5.74, 6) is 0.467. The predicted octanol–water partition coefficient (Wildman–Crippen LogP) is 3.31. The van der Waals surface area contributed by atoms with Crippen molar-refractivity contribution in [3.8, 4) is 0 Å². The lowest BCUT2D eigenvalue weighted by atomic mass is 10.2. The number of piperazine rings is 1. The summed E-state index contributed by atoms with van der Waals surface area (Å²) in [6.07, 6.45) is 0. The monoisotopic (exact) mass is 633 g/mol. The van der Waals surface area contributed by atoms with Crippen molar-refractivity contribution in [2.75, 3.05) is 42.9 Å². The summed E-state index contributed by atoms with van der Waals surface area (Å²) < 4.78 is 5.35. The quantitative estimate of drug-likeness (QED) is 0.350. The van der Waals surface area contributed by atoms with Crippen LogP contribution in [0.15, 0.2) is 56.5 Å². The van der Waals surface area contributed by atoms with Crippen LogP contribution < -0.4 is 21.5 Å². The number of fused-ring (bicyclic) bond motifs is 1. The number of imidazole rings is 1. The van der Waals surface area contributed by atoms with Gasteiger partial charge in [-0.05, 0) is 35.9 Å². The number of aromatic nitrogens is 4. The Kier molecular flexibility index (Phi) is 7.86. The molecule has 3 heterocycles. The second kappa shape index (κ2) is 11.2. The number of anilines is 2. The number of carbonyl (C=O) groups excluding carboxylic acids is 1. The molecule has 1 fully saturated rings. The van der Waals surface area contributed by atoms with Crippen molar-refractivity contribution in [3.63, 3.8) is 0 Å². The fourth-order valence-electron chi connectivity index (χ4n) is 4.68. The molecule has 1 amide bonds. The Balaban J connectivity index is 1.37. The highest BCUT2D eigenvalue weighted by atomic mass is 79.9. The summed E-state index contributed by atoms with van der Waals surface area (Å²) >= 11 is 15.5. The van der Waals surface area contributed by atoms with Gasteiger partial charge in [0.05, 0.1) is 23.1 Å². The smallest absolute Gasteiger partial charge is 0.332 e. The molecule has 10 nitrogen and oxygen atoms in total. The summed E-state index contributed by atoms with van der Waals surface area (Å²) in [7, 11) is 3.10. The Bertz CT molecular complexity index is 1670. The van der Waals surface area contributed by atoms with Crippen molar-refractivity contribution < 1.29 is 4.79 Å². The number of amides is 1. The van der Waals surface area contributed by atoms with Crippen LogP contribution in [0.4, 0.5) is 11.6 Å². The number of rotatable bonds is 6. The molecule has 0 spiro atoms. The molecule has 2 aromatic carbocycles. The molecule has 1 aliphatic heterocycles. The number of carbonyl (C=O) groups is 1. The number of halogens is 3. The van der Waals surface area contributed by atoms with Gasteiger partial charge >= 0.3 is 5.69 Å². The number of hydrogen-bond acceptors (Lipinski definition) is 6. The first kappa shape index (κ1) is 27.4. The van der Waals surface area contributed by atoms with Gasteiger partial charge in [-0.25, -0.2) is 4.79 Å². The third-order valence-electron chi connectivity index (χ3n) is 6.81. The summed E-state index contributed by atoms with van der Waals surface area (Å²) in [6, 6.07) is 12.8. The van der Waals surface area contributed by atoms with Gasteiger partial charge in [-0.1, -0.05) is 51.3 Å². The summed E-state index contributed by atoms with van der Waals surface area (Å²) in [5.41, 5.74) is 1.49. The average molecular weight is 635 g/mol. The van der Waals surface area contributed by atoms with Crippen LogP contribution in [0, 0.1) is 0 Å². The zero-order valence-corrected chi connectivity index (χ0v) is 24.4. The molecule has 13 heteroatoms. The molecule has 39 heavy (non-hydrogen) atoms. The summed E-state index contributed by atoms with van der Waals surface area (Å²) in [4.78, 5) is 47.4. The van der Waals surface area contributed by atoms with E-state index < -0.39 is 5.69 Å². The minimum absolute atomic E-state index is 0.150. The summed E-state index contributed by atoms with van der Waals surface area (Å²) in [6.45, 7) is 3.06. The molecule has 2 aromatic heterocycles. The Morgan fingerprint density at radius 3 is 2.33 bits per heavy atom. The first-order chi connectivity index (χ1) is 18.6. The van der Waals surface area contributed by atoms with Crippen LogP contribution in [0.25, 0.3) is 11.2 Å². The van der Waals surface area contributed by atoms with Crippen molar-refractivity contribution in [1.82, 2.24) is 23.6 Å². The van der Waals surface area contributed by atoms with E-state index in [0.717, 1.165) is 14.6 Å². The normalized spacial score (nSPS) is 14.2. The van der Waals surface area contributed by atoms with Crippen LogP contribution in [-0.4, -0.2) is 62.2 Å². The highest BCUT2D eigenvalue weighted by Crippen LogP contribution is 2.26. The fraction of sp³-hybridized carbons (Fsp3) is 0.308. The van der Waals surface area contributed by atoms with Crippen LogP contribution >= 0.6 is 39.1 Å². The molecular formula is C26H26BrCl2N7O3. The van der Waals surface area contributed by atoms with Crippen LogP contribution in [0.3, 0.4) is 0 Å². The second-order valence-electron chi connectivity index (χ2n) is 9.44. The highest BCUT2D eigenvalue weighted by Gasteiger charge is 2.26. The van der Waals surface area contributed by atoms with Gasteiger partial charge in [0.15, 0.2) is 11.2 Å². The lowest BCUT2D eigenvalue weighted by Crippen LogP contribution is -2.49. The standard InChI is InChI=1S/C26H26BrCl2N7O3/c1-32-23-22(24(38)33(2)26(32)39)36(14-16-3-5-17(27)6-4-16)25(31-23)35-11-9-34(10-12-35)15-21(37)30-18-7-8-19(28)20(29)13-18/h3-8,13H,9-12,14-15H2,1-2H3,(H,30,37).